The molecule has 0 saturated carbocycles. The van der Waals surface area contributed by atoms with Gasteiger partial charge in [-0.05, 0) is 5.92 Å². The molecule has 0 atom stereocenters. The molecule has 0 aliphatic carbocycles. The molecular formula is C9H14N4. The fourth-order valence-corrected chi connectivity index (χ4v) is 0.793. The van der Waals surface area contributed by atoms with Crippen LogP contribution in [-0.4, -0.2) is 22.3 Å². The number of hydrogen-bond donors (Lipinski definition) is 1. The Bertz CT molecular complexity index is 279. The van der Waals surface area contributed by atoms with Crippen LogP contribution in [0.4, 0.5) is 0 Å². The Morgan fingerprint density at radius 3 is 2.85 bits per heavy atom. The molecule has 0 aromatic carbocycles. The molecule has 4 nitrogen and oxygen atoms in total. The van der Waals surface area contributed by atoms with Crippen LogP contribution in [0.3, 0.4) is 0 Å². The van der Waals surface area contributed by atoms with Gasteiger partial charge in [-0.25, -0.2) is 4.98 Å². The third-order valence-electron chi connectivity index (χ3n) is 1.45. The van der Waals surface area contributed by atoms with E-state index in [1.165, 1.54) is 0 Å². The maximum atomic E-state index is 5.69. The summed E-state index contributed by atoms with van der Waals surface area (Å²) >= 11 is 0. The van der Waals surface area contributed by atoms with Gasteiger partial charge in [0.15, 0.2) is 0 Å². The second-order valence-corrected chi connectivity index (χ2v) is 3.21. The summed E-state index contributed by atoms with van der Waals surface area (Å²) in [5, 5.41) is 0. The maximum Gasteiger partial charge on any atom is 0.146 e. The van der Waals surface area contributed by atoms with Gasteiger partial charge in [0.2, 0.25) is 0 Å². The Morgan fingerprint density at radius 1 is 1.54 bits per heavy atom. The molecule has 0 amide bonds. The number of aliphatic imine (C=N–C) groups is 1. The molecule has 0 unspecified atom stereocenters. The highest BCUT2D eigenvalue weighted by Crippen LogP contribution is 1.94. The summed E-state index contributed by atoms with van der Waals surface area (Å²) < 4.78 is 0. The molecule has 70 valence electrons. The van der Waals surface area contributed by atoms with Crippen molar-refractivity contribution in [3.05, 3.63) is 24.3 Å². The number of nitrogens with zero attached hydrogens (tertiary/aromatic N) is 3. The lowest BCUT2D eigenvalue weighted by atomic mass is 10.2. The SMILES string of the molecule is CC(C)CN=C(N)c1cnccn1. The summed E-state index contributed by atoms with van der Waals surface area (Å²) in [5.41, 5.74) is 6.33. The Morgan fingerprint density at radius 2 is 2.31 bits per heavy atom. The van der Waals surface area contributed by atoms with Crippen LogP contribution in [0.1, 0.15) is 19.5 Å². The molecule has 2 N–H and O–H groups in total. The van der Waals surface area contributed by atoms with E-state index in [1.807, 2.05) is 0 Å². The van der Waals surface area contributed by atoms with E-state index in [0.29, 0.717) is 17.4 Å². The number of rotatable bonds is 3. The summed E-state index contributed by atoms with van der Waals surface area (Å²) in [4.78, 5) is 12.1. The number of aromatic nitrogens is 2. The smallest absolute Gasteiger partial charge is 0.146 e. The van der Waals surface area contributed by atoms with E-state index in [0.717, 1.165) is 6.54 Å². The lowest BCUT2D eigenvalue weighted by Gasteiger charge is -2.01. The summed E-state index contributed by atoms with van der Waals surface area (Å²) in [5.74, 6) is 0.969. The zero-order chi connectivity index (χ0) is 9.68. The zero-order valence-electron chi connectivity index (χ0n) is 7.94. The van der Waals surface area contributed by atoms with Crippen molar-refractivity contribution in [3.63, 3.8) is 0 Å². The molecule has 1 aromatic heterocycles. The maximum absolute atomic E-state index is 5.69. The normalized spacial score (nSPS) is 12.1. The van der Waals surface area contributed by atoms with Gasteiger partial charge in [0.1, 0.15) is 11.5 Å². The predicted molar refractivity (Wildman–Crippen MR) is 52.5 cm³/mol. The minimum Gasteiger partial charge on any atom is -0.382 e. The second kappa shape index (κ2) is 4.54. The second-order valence-electron chi connectivity index (χ2n) is 3.21. The average Bonchev–Trinajstić information content (AvgIpc) is 2.15. The van der Waals surface area contributed by atoms with Crippen LogP contribution in [0.5, 0.6) is 0 Å². The van der Waals surface area contributed by atoms with Gasteiger partial charge in [0.25, 0.3) is 0 Å². The molecule has 0 saturated heterocycles. The first-order chi connectivity index (χ1) is 6.20. The molecule has 13 heavy (non-hydrogen) atoms. The van der Waals surface area contributed by atoms with Crippen LogP contribution >= 0.6 is 0 Å². The largest absolute Gasteiger partial charge is 0.382 e. The van der Waals surface area contributed by atoms with Crippen molar-refractivity contribution in [2.24, 2.45) is 16.6 Å². The number of amidine groups is 1. The number of hydrogen-bond acceptors (Lipinski definition) is 3. The van der Waals surface area contributed by atoms with Gasteiger partial charge in [0.05, 0.1) is 6.20 Å². The summed E-state index contributed by atoms with van der Waals surface area (Å²) in [7, 11) is 0. The lowest BCUT2D eigenvalue weighted by Crippen LogP contribution is -2.16. The zero-order valence-corrected chi connectivity index (χ0v) is 7.94. The van der Waals surface area contributed by atoms with Crippen molar-refractivity contribution in [2.75, 3.05) is 6.54 Å². The van der Waals surface area contributed by atoms with Crippen molar-refractivity contribution in [2.45, 2.75) is 13.8 Å². The molecular weight excluding hydrogens is 164 g/mol. The van der Waals surface area contributed by atoms with Crippen LogP contribution in [0.25, 0.3) is 0 Å². The molecule has 0 bridgehead atoms. The van der Waals surface area contributed by atoms with Gasteiger partial charge in [-0.1, -0.05) is 13.8 Å². The molecule has 4 heteroatoms. The standard InChI is InChI=1S/C9H14N4/c1-7(2)5-13-9(10)8-6-11-3-4-12-8/h3-4,6-7H,5H2,1-2H3,(H2,10,13). The molecule has 0 spiro atoms. The molecule has 0 aliphatic heterocycles. The first-order valence-corrected chi connectivity index (χ1v) is 4.26. The monoisotopic (exact) mass is 178 g/mol. The van der Waals surface area contributed by atoms with Crippen molar-refractivity contribution in [1.29, 1.82) is 0 Å². The third kappa shape index (κ3) is 3.19. The topological polar surface area (TPSA) is 64.2 Å². The van der Waals surface area contributed by atoms with E-state index >= 15 is 0 Å². The predicted octanol–water partition coefficient (Wildman–Crippen LogP) is 0.838. The molecule has 0 radical (unpaired) electrons. The van der Waals surface area contributed by atoms with Gasteiger partial charge in [-0.15, -0.1) is 0 Å². The number of nitrogens with two attached hydrogens (primary N) is 1. The van der Waals surface area contributed by atoms with Crippen LogP contribution in [-0.2, 0) is 0 Å². The average molecular weight is 178 g/mol. The van der Waals surface area contributed by atoms with Gasteiger partial charge in [-0.3, -0.25) is 9.98 Å². The van der Waals surface area contributed by atoms with E-state index in [2.05, 4.69) is 28.8 Å². The molecule has 0 fully saturated rings. The van der Waals surface area contributed by atoms with Gasteiger partial charge in [0, 0.05) is 18.9 Å². The fourth-order valence-electron chi connectivity index (χ4n) is 0.793. The van der Waals surface area contributed by atoms with Crippen molar-refractivity contribution < 1.29 is 0 Å². The van der Waals surface area contributed by atoms with E-state index in [9.17, 15) is 0 Å². The van der Waals surface area contributed by atoms with E-state index in [1.54, 1.807) is 18.6 Å². The Hall–Kier alpha value is -1.45. The Labute approximate surface area is 77.9 Å². The van der Waals surface area contributed by atoms with E-state index < -0.39 is 0 Å². The van der Waals surface area contributed by atoms with Crippen LogP contribution in [0.15, 0.2) is 23.6 Å². The van der Waals surface area contributed by atoms with Gasteiger partial charge in [-0.2, -0.15) is 0 Å². The highest BCUT2D eigenvalue weighted by molar-refractivity contribution is 5.95. The lowest BCUT2D eigenvalue weighted by molar-refractivity contribution is 0.665. The highest BCUT2D eigenvalue weighted by atomic mass is 14.9. The minimum absolute atomic E-state index is 0.460. The van der Waals surface area contributed by atoms with Crippen LogP contribution < -0.4 is 5.73 Å². The summed E-state index contributed by atoms with van der Waals surface area (Å²) in [6.07, 6.45) is 4.82. The van der Waals surface area contributed by atoms with E-state index in [-0.39, 0.29) is 0 Å². The van der Waals surface area contributed by atoms with E-state index in [4.69, 9.17) is 5.73 Å². The van der Waals surface area contributed by atoms with Crippen LogP contribution in [0.2, 0.25) is 0 Å². The summed E-state index contributed by atoms with van der Waals surface area (Å²) in [6.45, 7) is 4.91. The first kappa shape index (κ1) is 9.64. The van der Waals surface area contributed by atoms with Crippen LogP contribution in [0, 0.1) is 5.92 Å². The quantitative estimate of drug-likeness (QED) is 0.551. The molecule has 1 rings (SSSR count). The Balaban J connectivity index is 2.68. The highest BCUT2D eigenvalue weighted by Gasteiger charge is 1.98. The molecule has 1 aromatic rings. The Kier molecular flexibility index (Phi) is 3.37. The fraction of sp³-hybridized carbons (Fsp3) is 0.444. The third-order valence-corrected chi connectivity index (χ3v) is 1.45. The molecule has 1 heterocycles. The summed E-state index contributed by atoms with van der Waals surface area (Å²) in [6, 6.07) is 0. The minimum atomic E-state index is 0.460. The molecule has 0 aliphatic rings. The van der Waals surface area contributed by atoms with Crippen molar-refractivity contribution in [3.8, 4) is 0 Å². The first-order valence-electron chi connectivity index (χ1n) is 4.26. The van der Waals surface area contributed by atoms with Crippen molar-refractivity contribution in [1.82, 2.24) is 9.97 Å². The van der Waals surface area contributed by atoms with Gasteiger partial charge < -0.3 is 5.73 Å². The van der Waals surface area contributed by atoms with Gasteiger partial charge >= 0.3 is 0 Å². The van der Waals surface area contributed by atoms with Crippen molar-refractivity contribution >= 4 is 5.84 Å².